The van der Waals surface area contributed by atoms with Crippen molar-refractivity contribution < 1.29 is 4.79 Å². The van der Waals surface area contributed by atoms with Gasteiger partial charge in [0.2, 0.25) is 5.91 Å². The van der Waals surface area contributed by atoms with Crippen LogP contribution in [0.3, 0.4) is 0 Å². The van der Waals surface area contributed by atoms with E-state index < -0.39 is 0 Å². The van der Waals surface area contributed by atoms with Gasteiger partial charge in [0.1, 0.15) is 0 Å². The standard InChI is InChI=1S/C18H27N3O/c1-3-20(4-2)16-9-10-21(13-16)18(22)17-11-14-7-5-6-8-15(14)12-19-17/h5-8,16-17,19H,3-4,9-13H2,1-2H3. The van der Waals surface area contributed by atoms with Gasteiger partial charge in [-0.3, -0.25) is 9.69 Å². The summed E-state index contributed by atoms with van der Waals surface area (Å²) in [5.41, 5.74) is 2.65. The molecule has 3 rings (SSSR count). The molecule has 0 radical (unpaired) electrons. The number of carbonyl (C=O) groups is 1. The number of hydrogen-bond acceptors (Lipinski definition) is 3. The van der Waals surface area contributed by atoms with E-state index in [0.717, 1.165) is 45.6 Å². The first-order valence-corrected chi connectivity index (χ1v) is 8.56. The molecule has 4 nitrogen and oxygen atoms in total. The Kier molecular flexibility index (Phi) is 4.79. The number of nitrogens with zero attached hydrogens (tertiary/aromatic N) is 2. The number of hydrogen-bond donors (Lipinski definition) is 1. The van der Waals surface area contributed by atoms with Gasteiger partial charge in [-0.15, -0.1) is 0 Å². The summed E-state index contributed by atoms with van der Waals surface area (Å²) in [5.74, 6) is 0.282. The molecule has 1 amide bonds. The van der Waals surface area contributed by atoms with Gasteiger partial charge in [-0.1, -0.05) is 38.1 Å². The summed E-state index contributed by atoms with van der Waals surface area (Å²) in [6, 6.07) is 8.92. The molecular formula is C18H27N3O. The average molecular weight is 301 g/mol. The van der Waals surface area contributed by atoms with Crippen LogP contribution in [0.5, 0.6) is 0 Å². The zero-order valence-electron chi connectivity index (χ0n) is 13.7. The number of nitrogens with one attached hydrogen (secondary N) is 1. The van der Waals surface area contributed by atoms with E-state index >= 15 is 0 Å². The van der Waals surface area contributed by atoms with Crippen molar-refractivity contribution in [3.63, 3.8) is 0 Å². The van der Waals surface area contributed by atoms with Gasteiger partial charge in [0.25, 0.3) is 0 Å². The number of fused-ring (bicyclic) bond motifs is 1. The summed E-state index contributed by atoms with van der Waals surface area (Å²) in [6.45, 7) is 9.14. The molecule has 0 aromatic heterocycles. The Morgan fingerprint density at radius 3 is 2.73 bits per heavy atom. The number of carbonyl (C=O) groups excluding carboxylic acids is 1. The minimum Gasteiger partial charge on any atom is -0.340 e. The third-order valence-corrected chi connectivity index (χ3v) is 5.18. The maximum atomic E-state index is 12.8. The topological polar surface area (TPSA) is 35.6 Å². The molecule has 2 aliphatic heterocycles. The van der Waals surface area contributed by atoms with Crippen molar-refractivity contribution in [3.05, 3.63) is 35.4 Å². The van der Waals surface area contributed by atoms with Gasteiger partial charge in [0.05, 0.1) is 6.04 Å². The summed E-state index contributed by atoms with van der Waals surface area (Å²) in [7, 11) is 0. The number of benzene rings is 1. The van der Waals surface area contributed by atoms with E-state index in [1.54, 1.807) is 0 Å². The first-order valence-electron chi connectivity index (χ1n) is 8.56. The lowest BCUT2D eigenvalue weighted by atomic mass is 9.95. The lowest BCUT2D eigenvalue weighted by Crippen LogP contribution is -2.49. The van der Waals surface area contributed by atoms with Crippen LogP contribution >= 0.6 is 0 Å². The summed E-state index contributed by atoms with van der Waals surface area (Å²) in [5, 5.41) is 3.42. The molecule has 2 aliphatic rings. The summed E-state index contributed by atoms with van der Waals surface area (Å²) >= 11 is 0. The Hall–Kier alpha value is -1.39. The number of amides is 1. The summed E-state index contributed by atoms with van der Waals surface area (Å²) < 4.78 is 0. The van der Waals surface area contributed by atoms with E-state index in [2.05, 4.69) is 53.2 Å². The van der Waals surface area contributed by atoms with Crippen molar-refractivity contribution in [2.24, 2.45) is 0 Å². The molecule has 1 N–H and O–H groups in total. The van der Waals surface area contributed by atoms with Gasteiger partial charge >= 0.3 is 0 Å². The Morgan fingerprint density at radius 2 is 2.00 bits per heavy atom. The Morgan fingerprint density at radius 1 is 1.27 bits per heavy atom. The Bertz CT molecular complexity index is 527. The molecule has 0 saturated carbocycles. The molecule has 22 heavy (non-hydrogen) atoms. The Balaban J connectivity index is 1.61. The molecule has 1 fully saturated rings. The van der Waals surface area contributed by atoms with E-state index in [4.69, 9.17) is 0 Å². The molecule has 1 aromatic carbocycles. The molecule has 0 spiro atoms. The smallest absolute Gasteiger partial charge is 0.240 e. The minimum atomic E-state index is -0.0506. The average Bonchev–Trinajstić information content (AvgIpc) is 3.04. The van der Waals surface area contributed by atoms with Crippen LogP contribution in [0.1, 0.15) is 31.4 Å². The quantitative estimate of drug-likeness (QED) is 0.918. The van der Waals surface area contributed by atoms with E-state index in [1.807, 2.05) is 0 Å². The van der Waals surface area contributed by atoms with Crippen molar-refractivity contribution in [3.8, 4) is 0 Å². The fourth-order valence-electron chi connectivity index (χ4n) is 3.83. The lowest BCUT2D eigenvalue weighted by Gasteiger charge is -2.30. The molecule has 1 aromatic rings. The largest absolute Gasteiger partial charge is 0.340 e. The van der Waals surface area contributed by atoms with Crippen molar-refractivity contribution in [1.82, 2.24) is 15.1 Å². The van der Waals surface area contributed by atoms with E-state index in [1.165, 1.54) is 11.1 Å². The predicted octanol–water partition coefficient (Wildman–Crippen LogP) is 1.64. The van der Waals surface area contributed by atoms with Crippen LogP contribution < -0.4 is 5.32 Å². The molecule has 2 unspecified atom stereocenters. The second-order valence-electron chi connectivity index (χ2n) is 6.35. The zero-order valence-corrected chi connectivity index (χ0v) is 13.7. The van der Waals surface area contributed by atoms with Crippen LogP contribution in [0.15, 0.2) is 24.3 Å². The molecule has 2 heterocycles. The van der Waals surface area contributed by atoms with Crippen molar-refractivity contribution in [2.75, 3.05) is 26.2 Å². The minimum absolute atomic E-state index is 0.0506. The second kappa shape index (κ2) is 6.80. The van der Waals surface area contributed by atoms with E-state index in [-0.39, 0.29) is 11.9 Å². The molecule has 2 atom stereocenters. The van der Waals surface area contributed by atoms with Gasteiger partial charge in [0.15, 0.2) is 0 Å². The first-order chi connectivity index (χ1) is 10.7. The maximum Gasteiger partial charge on any atom is 0.240 e. The summed E-state index contributed by atoms with van der Waals surface area (Å²) in [6.07, 6.45) is 1.93. The number of rotatable bonds is 4. The van der Waals surface area contributed by atoms with E-state index in [9.17, 15) is 4.79 Å². The molecule has 4 heteroatoms. The monoisotopic (exact) mass is 301 g/mol. The zero-order chi connectivity index (χ0) is 15.5. The van der Waals surface area contributed by atoms with Crippen molar-refractivity contribution in [1.29, 1.82) is 0 Å². The number of likely N-dealkylation sites (N-methyl/N-ethyl adjacent to an activating group) is 1. The van der Waals surface area contributed by atoms with Crippen molar-refractivity contribution in [2.45, 2.75) is 45.3 Å². The third kappa shape index (κ3) is 3.03. The van der Waals surface area contributed by atoms with E-state index in [0.29, 0.717) is 6.04 Å². The van der Waals surface area contributed by atoms with Gasteiger partial charge in [-0.2, -0.15) is 0 Å². The second-order valence-corrected chi connectivity index (χ2v) is 6.35. The highest BCUT2D eigenvalue weighted by atomic mass is 16.2. The predicted molar refractivity (Wildman–Crippen MR) is 88.7 cm³/mol. The lowest BCUT2D eigenvalue weighted by molar-refractivity contribution is -0.132. The molecular weight excluding hydrogens is 274 g/mol. The molecule has 0 bridgehead atoms. The van der Waals surface area contributed by atoms with Crippen LogP contribution in [0, 0.1) is 0 Å². The molecule has 1 saturated heterocycles. The van der Waals surface area contributed by atoms with Crippen LogP contribution in [-0.4, -0.2) is 54.0 Å². The third-order valence-electron chi connectivity index (χ3n) is 5.18. The fourth-order valence-corrected chi connectivity index (χ4v) is 3.83. The van der Waals surface area contributed by atoms with Crippen LogP contribution in [0.4, 0.5) is 0 Å². The summed E-state index contributed by atoms with van der Waals surface area (Å²) in [4.78, 5) is 17.3. The van der Waals surface area contributed by atoms with Gasteiger partial charge in [0, 0.05) is 25.7 Å². The van der Waals surface area contributed by atoms with Gasteiger partial charge < -0.3 is 10.2 Å². The normalized spacial score (nSPS) is 24.6. The van der Waals surface area contributed by atoms with Gasteiger partial charge in [-0.05, 0) is 37.1 Å². The molecule has 120 valence electrons. The SMILES string of the molecule is CCN(CC)C1CCN(C(=O)C2Cc3ccccc3CN2)C1. The van der Waals surface area contributed by atoms with Crippen molar-refractivity contribution >= 4 is 5.91 Å². The highest BCUT2D eigenvalue weighted by Gasteiger charge is 2.33. The molecule has 0 aliphatic carbocycles. The number of likely N-dealkylation sites (tertiary alicyclic amines) is 1. The van der Waals surface area contributed by atoms with Crippen LogP contribution in [-0.2, 0) is 17.8 Å². The highest BCUT2D eigenvalue weighted by Crippen LogP contribution is 2.21. The van der Waals surface area contributed by atoms with Gasteiger partial charge in [-0.25, -0.2) is 0 Å². The fraction of sp³-hybridized carbons (Fsp3) is 0.611. The Labute approximate surface area is 133 Å². The van der Waals surface area contributed by atoms with Crippen LogP contribution in [0.25, 0.3) is 0 Å². The van der Waals surface area contributed by atoms with Crippen LogP contribution in [0.2, 0.25) is 0 Å². The highest BCUT2D eigenvalue weighted by molar-refractivity contribution is 5.83. The first kappa shape index (κ1) is 15.5. The maximum absolute atomic E-state index is 12.8.